The van der Waals surface area contributed by atoms with Crippen molar-refractivity contribution >= 4 is 23.2 Å². The molecule has 0 radical (unpaired) electrons. The minimum absolute atomic E-state index is 0.158. The predicted octanol–water partition coefficient (Wildman–Crippen LogP) is 2.92. The third-order valence-electron chi connectivity index (χ3n) is 3.70. The van der Waals surface area contributed by atoms with Crippen molar-refractivity contribution in [2.24, 2.45) is 0 Å². The standard InChI is InChI=1S/C18H19N3O4/c1-12-7-8-13(2)16(9-12)19-17(22)11-20(3)18(23)14-5-4-6-15(10-14)21(24)25/h4-10H,11H2,1-3H3,(H,19,22). The Morgan fingerprint density at radius 3 is 2.56 bits per heavy atom. The summed E-state index contributed by atoms with van der Waals surface area (Å²) >= 11 is 0. The zero-order chi connectivity index (χ0) is 18.6. The van der Waals surface area contributed by atoms with Crippen molar-refractivity contribution < 1.29 is 14.5 Å². The quantitative estimate of drug-likeness (QED) is 0.668. The van der Waals surface area contributed by atoms with Gasteiger partial charge in [-0.25, -0.2) is 0 Å². The van der Waals surface area contributed by atoms with E-state index in [9.17, 15) is 19.7 Å². The van der Waals surface area contributed by atoms with Gasteiger partial charge in [0.25, 0.3) is 11.6 Å². The molecule has 130 valence electrons. The molecule has 0 fully saturated rings. The van der Waals surface area contributed by atoms with Gasteiger partial charge in [0.1, 0.15) is 0 Å². The van der Waals surface area contributed by atoms with Gasteiger partial charge >= 0.3 is 0 Å². The number of rotatable bonds is 5. The van der Waals surface area contributed by atoms with Crippen LogP contribution in [0.1, 0.15) is 21.5 Å². The molecule has 0 saturated carbocycles. The number of nitro groups is 1. The van der Waals surface area contributed by atoms with E-state index < -0.39 is 10.8 Å². The monoisotopic (exact) mass is 341 g/mol. The Morgan fingerprint density at radius 2 is 1.88 bits per heavy atom. The van der Waals surface area contributed by atoms with E-state index in [2.05, 4.69) is 5.32 Å². The van der Waals surface area contributed by atoms with Gasteiger partial charge in [-0.2, -0.15) is 0 Å². The van der Waals surface area contributed by atoms with Crippen LogP contribution in [-0.2, 0) is 4.79 Å². The van der Waals surface area contributed by atoms with Crippen LogP contribution in [0.5, 0.6) is 0 Å². The summed E-state index contributed by atoms with van der Waals surface area (Å²) in [5.41, 5.74) is 2.63. The van der Waals surface area contributed by atoms with E-state index >= 15 is 0 Å². The second-order valence-electron chi connectivity index (χ2n) is 5.84. The Bertz CT molecular complexity index is 833. The minimum atomic E-state index is -0.565. The number of anilines is 1. The Balaban J connectivity index is 2.05. The number of hydrogen-bond acceptors (Lipinski definition) is 4. The smallest absolute Gasteiger partial charge is 0.270 e. The van der Waals surface area contributed by atoms with Crippen molar-refractivity contribution in [2.75, 3.05) is 18.9 Å². The summed E-state index contributed by atoms with van der Waals surface area (Å²) in [6, 6.07) is 11.1. The second kappa shape index (κ2) is 7.57. The number of aryl methyl sites for hydroxylation is 2. The summed E-state index contributed by atoms with van der Waals surface area (Å²) in [7, 11) is 1.48. The fourth-order valence-electron chi connectivity index (χ4n) is 2.32. The highest BCUT2D eigenvalue weighted by atomic mass is 16.6. The summed E-state index contributed by atoms with van der Waals surface area (Å²) in [5, 5.41) is 13.6. The molecule has 0 atom stereocenters. The highest BCUT2D eigenvalue weighted by Crippen LogP contribution is 2.17. The average molecular weight is 341 g/mol. The third kappa shape index (κ3) is 4.63. The molecule has 7 heteroatoms. The van der Waals surface area contributed by atoms with Gasteiger partial charge in [-0.3, -0.25) is 19.7 Å². The van der Waals surface area contributed by atoms with Gasteiger partial charge in [-0.1, -0.05) is 18.2 Å². The maximum absolute atomic E-state index is 12.4. The molecule has 0 aliphatic carbocycles. The zero-order valence-electron chi connectivity index (χ0n) is 14.3. The van der Waals surface area contributed by atoms with Crippen LogP contribution < -0.4 is 5.32 Å². The fourth-order valence-corrected chi connectivity index (χ4v) is 2.32. The van der Waals surface area contributed by atoms with E-state index in [1.807, 2.05) is 32.0 Å². The lowest BCUT2D eigenvalue weighted by molar-refractivity contribution is -0.384. The van der Waals surface area contributed by atoms with Crippen LogP contribution in [0.15, 0.2) is 42.5 Å². The van der Waals surface area contributed by atoms with Crippen LogP contribution in [0, 0.1) is 24.0 Å². The lowest BCUT2D eigenvalue weighted by Crippen LogP contribution is -2.35. The highest BCUT2D eigenvalue weighted by molar-refractivity contribution is 5.99. The summed E-state index contributed by atoms with van der Waals surface area (Å²) in [6.07, 6.45) is 0. The first-order valence-corrected chi connectivity index (χ1v) is 7.65. The van der Waals surface area contributed by atoms with Gasteiger partial charge < -0.3 is 10.2 Å². The van der Waals surface area contributed by atoms with Gasteiger partial charge in [0.15, 0.2) is 0 Å². The zero-order valence-corrected chi connectivity index (χ0v) is 14.3. The Hall–Kier alpha value is -3.22. The highest BCUT2D eigenvalue weighted by Gasteiger charge is 2.17. The molecule has 0 aliphatic heterocycles. The number of carbonyl (C=O) groups excluding carboxylic acids is 2. The van der Waals surface area contributed by atoms with Gasteiger partial charge in [0.2, 0.25) is 5.91 Å². The Labute approximate surface area is 145 Å². The lowest BCUT2D eigenvalue weighted by Gasteiger charge is -2.17. The summed E-state index contributed by atoms with van der Waals surface area (Å²) in [5.74, 6) is -0.796. The molecule has 0 saturated heterocycles. The minimum Gasteiger partial charge on any atom is -0.332 e. The van der Waals surface area contributed by atoms with Crippen molar-refractivity contribution in [1.82, 2.24) is 4.90 Å². The summed E-state index contributed by atoms with van der Waals surface area (Å²) in [4.78, 5) is 36.0. The van der Waals surface area contributed by atoms with Gasteiger partial charge in [-0.05, 0) is 37.1 Å². The molecule has 0 bridgehead atoms. The number of non-ortho nitro benzene ring substituents is 1. The van der Waals surface area contributed by atoms with Crippen molar-refractivity contribution in [1.29, 1.82) is 0 Å². The van der Waals surface area contributed by atoms with E-state index in [1.165, 1.54) is 36.2 Å². The molecule has 2 aromatic rings. The molecule has 2 amide bonds. The largest absolute Gasteiger partial charge is 0.332 e. The van der Waals surface area contributed by atoms with E-state index in [4.69, 9.17) is 0 Å². The topological polar surface area (TPSA) is 92.6 Å². The summed E-state index contributed by atoms with van der Waals surface area (Å²) < 4.78 is 0. The maximum atomic E-state index is 12.4. The Kier molecular flexibility index (Phi) is 5.49. The number of nitro benzene ring substituents is 1. The van der Waals surface area contributed by atoms with Gasteiger partial charge in [0, 0.05) is 30.4 Å². The van der Waals surface area contributed by atoms with E-state index in [1.54, 1.807) is 0 Å². The molecule has 2 aromatic carbocycles. The average Bonchev–Trinajstić information content (AvgIpc) is 2.57. The molecule has 0 spiro atoms. The lowest BCUT2D eigenvalue weighted by atomic mass is 10.1. The first-order valence-electron chi connectivity index (χ1n) is 7.65. The SMILES string of the molecule is Cc1ccc(C)c(NC(=O)CN(C)C(=O)c2cccc([N+](=O)[O-])c2)c1. The number of benzene rings is 2. The van der Waals surface area contributed by atoms with E-state index in [0.29, 0.717) is 5.69 Å². The van der Waals surface area contributed by atoms with Gasteiger partial charge in [-0.15, -0.1) is 0 Å². The van der Waals surface area contributed by atoms with Crippen LogP contribution in [0.4, 0.5) is 11.4 Å². The fraction of sp³-hybridized carbons (Fsp3) is 0.222. The molecule has 2 rings (SSSR count). The predicted molar refractivity (Wildman–Crippen MR) is 94.6 cm³/mol. The molecule has 0 aliphatic rings. The normalized spacial score (nSPS) is 10.2. The van der Waals surface area contributed by atoms with Crippen LogP contribution >= 0.6 is 0 Å². The number of amides is 2. The number of carbonyl (C=O) groups is 2. The second-order valence-corrected chi connectivity index (χ2v) is 5.84. The number of hydrogen-bond donors (Lipinski definition) is 1. The molecular formula is C18H19N3O4. The number of nitrogens with one attached hydrogen (secondary N) is 1. The molecule has 7 nitrogen and oxygen atoms in total. The van der Waals surface area contributed by atoms with Crippen LogP contribution in [-0.4, -0.2) is 35.2 Å². The first-order chi connectivity index (χ1) is 11.8. The van der Waals surface area contributed by atoms with Gasteiger partial charge in [0.05, 0.1) is 11.5 Å². The van der Waals surface area contributed by atoms with Crippen LogP contribution in [0.2, 0.25) is 0 Å². The van der Waals surface area contributed by atoms with Crippen molar-refractivity contribution in [3.05, 3.63) is 69.3 Å². The van der Waals surface area contributed by atoms with E-state index in [0.717, 1.165) is 11.1 Å². The van der Waals surface area contributed by atoms with Crippen LogP contribution in [0.3, 0.4) is 0 Å². The molecule has 1 N–H and O–H groups in total. The van der Waals surface area contributed by atoms with Crippen LogP contribution in [0.25, 0.3) is 0 Å². The molecular weight excluding hydrogens is 322 g/mol. The number of nitrogens with zero attached hydrogens (tertiary/aromatic N) is 2. The molecule has 0 heterocycles. The van der Waals surface area contributed by atoms with Crippen molar-refractivity contribution in [2.45, 2.75) is 13.8 Å². The summed E-state index contributed by atoms with van der Waals surface area (Å²) in [6.45, 7) is 3.65. The number of likely N-dealkylation sites (N-methyl/N-ethyl adjacent to an activating group) is 1. The maximum Gasteiger partial charge on any atom is 0.270 e. The molecule has 0 unspecified atom stereocenters. The first kappa shape index (κ1) is 18.1. The molecule has 0 aromatic heterocycles. The van der Waals surface area contributed by atoms with E-state index in [-0.39, 0.29) is 23.7 Å². The van der Waals surface area contributed by atoms with Crippen molar-refractivity contribution in [3.63, 3.8) is 0 Å². The Morgan fingerprint density at radius 1 is 1.16 bits per heavy atom. The third-order valence-corrected chi connectivity index (χ3v) is 3.70. The molecule has 25 heavy (non-hydrogen) atoms. The van der Waals surface area contributed by atoms with Crippen molar-refractivity contribution in [3.8, 4) is 0 Å².